The van der Waals surface area contributed by atoms with Crippen LogP contribution in [0.15, 0.2) is 29.7 Å². The van der Waals surface area contributed by atoms with Crippen LogP contribution in [0.2, 0.25) is 0 Å². The number of rotatable bonds is 4. The van der Waals surface area contributed by atoms with Crippen molar-refractivity contribution in [3.8, 4) is 0 Å². The second kappa shape index (κ2) is 5.58. The standard InChI is InChI=1S/C17H20N6S/c1-24-17-19-7-4-14(21-17)22-9-12-8-13(10-22)23(12)15-5-6-18-16(20-15)11-2-3-11/h4-7,11-13H,2-3,8-10H2,1H3. The summed E-state index contributed by atoms with van der Waals surface area (Å²) in [6, 6.07) is 5.14. The Labute approximate surface area is 145 Å². The Morgan fingerprint density at radius 3 is 2.50 bits per heavy atom. The number of piperidine rings is 1. The van der Waals surface area contributed by atoms with Gasteiger partial charge in [-0.15, -0.1) is 0 Å². The summed E-state index contributed by atoms with van der Waals surface area (Å²) in [5, 5.41) is 0.841. The molecule has 4 fully saturated rings. The van der Waals surface area contributed by atoms with Crippen LogP contribution in [0.3, 0.4) is 0 Å². The minimum absolute atomic E-state index is 0.526. The number of thioether (sulfide) groups is 1. The third-order valence-electron chi connectivity index (χ3n) is 5.19. The van der Waals surface area contributed by atoms with E-state index >= 15 is 0 Å². The van der Waals surface area contributed by atoms with Crippen molar-refractivity contribution in [3.63, 3.8) is 0 Å². The van der Waals surface area contributed by atoms with Crippen LogP contribution in [-0.4, -0.2) is 51.4 Å². The Balaban J connectivity index is 1.34. The first-order valence-corrected chi connectivity index (χ1v) is 9.77. The molecule has 5 heterocycles. The van der Waals surface area contributed by atoms with Gasteiger partial charge in [-0.2, -0.15) is 0 Å². The largest absolute Gasteiger partial charge is 0.352 e. The smallest absolute Gasteiger partial charge is 0.189 e. The van der Waals surface area contributed by atoms with Crippen molar-refractivity contribution in [2.24, 2.45) is 0 Å². The highest BCUT2D eigenvalue weighted by Gasteiger charge is 2.46. The molecule has 3 aliphatic heterocycles. The van der Waals surface area contributed by atoms with E-state index < -0.39 is 0 Å². The van der Waals surface area contributed by atoms with Gasteiger partial charge in [-0.25, -0.2) is 19.9 Å². The average Bonchev–Trinajstić information content (AvgIpc) is 3.47. The van der Waals surface area contributed by atoms with E-state index in [0.717, 1.165) is 35.7 Å². The van der Waals surface area contributed by atoms with Gasteiger partial charge in [0.25, 0.3) is 0 Å². The molecule has 7 heteroatoms. The maximum atomic E-state index is 4.83. The molecule has 2 bridgehead atoms. The zero-order chi connectivity index (χ0) is 16.1. The SMILES string of the molecule is CSc1nccc(N2CC3CC(C2)N3c2ccnc(C3CC3)n2)n1. The summed E-state index contributed by atoms with van der Waals surface area (Å²) in [5.74, 6) is 3.80. The van der Waals surface area contributed by atoms with Crippen LogP contribution in [0, 0.1) is 0 Å². The number of fused-ring (bicyclic) bond motifs is 2. The van der Waals surface area contributed by atoms with E-state index in [9.17, 15) is 0 Å². The first-order valence-electron chi connectivity index (χ1n) is 8.55. The Morgan fingerprint density at radius 2 is 1.75 bits per heavy atom. The van der Waals surface area contributed by atoms with Crippen molar-refractivity contribution in [2.45, 2.75) is 42.4 Å². The molecule has 0 N–H and O–H groups in total. The third-order valence-corrected chi connectivity index (χ3v) is 5.75. The van der Waals surface area contributed by atoms with Crippen LogP contribution in [0.25, 0.3) is 0 Å². The first-order chi connectivity index (χ1) is 11.8. The van der Waals surface area contributed by atoms with Gasteiger partial charge in [0.2, 0.25) is 0 Å². The lowest BCUT2D eigenvalue weighted by molar-refractivity contribution is 0.287. The maximum Gasteiger partial charge on any atom is 0.189 e. The van der Waals surface area contributed by atoms with Gasteiger partial charge in [0.15, 0.2) is 5.16 Å². The van der Waals surface area contributed by atoms with Gasteiger partial charge < -0.3 is 9.80 Å². The fraction of sp³-hybridized carbons (Fsp3) is 0.529. The summed E-state index contributed by atoms with van der Waals surface area (Å²) in [4.78, 5) is 23.1. The zero-order valence-corrected chi connectivity index (χ0v) is 14.5. The molecule has 1 aliphatic carbocycles. The molecule has 2 aromatic heterocycles. The van der Waals surface area contributed by atoms with Gasteiger partial charge in [-0.1, -0.05) is 11.8 Å². The molecule has 1 saturated carbocycles. The molecule has 3 saturated heterocycles. The molecule has 2 aromatic rings. The minimum Gasteiger partial charge on any atom is -0.352 e. The minimum atomic E-state index is 0.526. The van der Waals surface area contributed by atoms with E-state index in [2.05, 4.69) is 30.8 Å². The summed E-state index contributed by atoms with van der Waals surface area (Å²) in [6.45, 7) is 2.01. The summed E-state index contributed by atoms with van der Waals surface area (Å²) in [7, 11) is 0. The number of aromatic nitrogens is 4. The van der Waals surface area contributed by atoms with Crippen LogP contribution in [-0.2, 0) is 0 Å². The van der Waals surface area contributed by atoms with Gasteiger partial charge in [-0.3, -0.25) is 0 Å². The van der Waals surface area contributed by atoms with Crippen LogP contribution < -0.4 is 9.80 Å². The summed E-state index contributed by atoms with van der Waals surface area (Å²) in [5.41, 5.74) is 0. The van der Waals surface area contributed by atoms with E-state index in [1.54, 1.807) is 11.8 Å². The Hall–Kier alpha value is -1.89. The quantitative estimate of drug-likeness (QED) is 0.625. The number of hydrogen-bond acceptors (Lipinski definition) is 7. The van der Waals surface area contributed by atoms with Crippen LogP contribution in [0.1, 0.15) is 31.0 Å². The molecular weight excluding hydrogens is 320 g/mol. The third kappa shape index (κ3) is 2.42. The molecule has 4 aliphatic rings. The van der Waals surface area contributed by atoms with Gasteiger partial charge in [0.1, 0.15) is 17.5 Å². The second-order valence-corrected chi connectivity index (χ2v) is 7.58. The zero-order valence-electron chi connectivity index (χ0n) is 13.7. The topological polar surface area (TPSA) is 58.0 Å². The average molecular weight is 340 g/mol. The molecule has 24 heavy (non-hydrogen) atoms. The first kappa shape index (κ1) is 14.5. The van der Waals surface area contributed by atoms with E-state index in [0.29, 0.717) is 18.0 Å². The molecule has 2 unspecified atom stereocenters. The second-order valence-electron chi connectivity index (χ2n) is 6.80. The van der Waals surface area contributed by atoms with Crippen molar-refractivity contribution >= 4 is 23.4 Å². The maximum absolute atomic E-state index is 4.83. The van der Waals surface area contributed by atoms with Crippen LogP contribution in [0.4, 0.5) is 11.6 Å². The highest BCUT2D eigenvalue weighted by molar-refractivity contribution is 7.98. The molecule has 0 amide bonds. The van der Waals surface area contributed by atoms with Gasteiger partial charge in [0.05, 0.1) is 12.1 Å². The number of piperazine rings is 1. The summed E-state index contributed by atoms with van der Waals surface area (Å²) >= 11 is 1.59. The van der Waals surface area contributed by atoms with E-state index in [-0.39, 0.29) is 0 Å². The van der Waals surface area contributed by atoms with Crippen molar-refractivity contribution in [2.75, 3.05) is 29.1 Å². The van der Waals surface area contributed by atoms with Gasteiger partial charge in [-0.05, 0) is 37.7 Å². The molecule has 0 aromatic carbocycles. The fourth-order valence-electron chi connectivity index (χ4n) is 3.82. The highest BCUT2D eigenvalue weighted by Crippen LogP contribution is 2.41. The lowest BCUT2D eigenvalue weighted by Gasteiger charge is -2.57. The normalized spacial score (nSPS) is 25.5. The van der Waals surface area contributed by atoms with E-state index in [1.807, 2.05) is 24.7 Å². The molecule has 0 radical (unpaired) electrons. The van der Waals surface area contributed by atoms with E-state index in [1.165, 1.54) is 19.3 Å². The Bertz CT molecular complexity index is 752. The predicted molar refractivity (Wildman–Crippen MR) is 94.7 cm³/mol. The molecule has 2 atom stereocenters. The van der Waals surface area contributed by atoms with Crippen LogP contribution in [0.5, 0.6) is 0 Å². The van der Waals surface area contributed by atoms with E-state index in [4.69, 9.17) is 4.98 Å². The summed E-state index contributed by atoms with van der Waals surface area (Å²) < 4.78 is 0. The van der Waals surface area contributed by atoms with Crippen molar-refractivity contribution in [3.05, 3.63) is 30.4 Å². The lowest BCUT2D eigenvalue weighted by Crippen LogP contribution is -2.69. The van der Waals surface area contributed by atoms with Gasteiger partial charge in [0, 0.05) is 31.4 Å². The van der Waals surface area contributed by atoms with Crippen molar-refractivity contribution < 1.29 is 0 Å². The number of hydrogen-bond donors (Lipinski definition) is 0. The molecule has 6 rings (SSSR count). The predicted octanol–water partition coefficient (Wildman–Crippen LogP) is 2.33. The molecule has 0 spiro atoms. The number of nitrogens with zero attached hydrogens (tertiary/aromatic N) is 6. The lowest BCUT2D eigenvalue weighted by atomic mass is 9.87. The summed E-state index contributed by atoms with van der Waals surface area (Å²) in [6.07, 6.45) is 9.54. The Kier molecular flexibility index (Phi) is 3.36. The van der Waals surface area contributed by atoms with Gasteiger partial charge >= 0.3 is 0 Å². The van der Waals surface area contributed by atoms with Crippen molar-refractivity contribution in [1.29, 1.82) is 0 Å². The fourth-order valence-corrected chi connectivity index (χ4v) is 4.17. The highest BCUT2D eigenvalue weighted by atomic mass is 32.2. The Morgan fingerprint density at radius 1 is 1.00 bits per heavy atom. The van der Waals surface area contributed by atoms with Crippen molar-refractivity contribution in [1.82, 2.24) is 19.9 Å². The monoisotopic (exact) mass is 340 g/mol. The van der Waals surface area contributed by atoms with Crippen LogP contribution >= 0.6 is 11.8 Å². The number of anilines is 2. The molecule has 6 nitrogen and oxygen atoms in total. The molecule has 124 valence electrons. The molecular formula is C17H20N6S.